The molecule has 2 aromatic carbocycles. The Morgan fingerprint density at radius 1 is 0.857 bits per heavy atom. The molecule has 2 nitrogen and oxygen atoms in total. The van der Waals surface area contributed by atoms with Crippen LogP contribution in [0.25, 0.3) is 0 Å². The second-order valence-corrected chi connectivity index (χ2v) is 6.06. The Balaban J connectivity index is 1.59. The first kappa shape index (κ1) is 14.1. The average Bonchev–Trinajstić information content (AvgIpc) is 2.96. The van der Waals surface area contributed by atoms with Gasteiger partial charge in [-0.3, -0.25) is 0 Å². The molecule has 0 saturated heterocycles. The van der Waals surface area contributed by atoms with E-state index < -0.39 is 0 Å². The number of halogens is 1. The van der Waals surface area contributed by atoms with Crippen molar-refractivity contribution in [1.29, 1.82) is 0 Å². The second kappa shape index (κ2) is 6.72. The molecule has 1 N–H and O–H groups in total. The Labute approximate surface area is 133 Å². The topological polar surface area (TPSA) is 28.7 Å². The first-order valence-electron chi connectivity index (χ1n) is 7.11. The van der Waals surface area contributed by atoms with Gasteiger partial charge in [0.2, 0.25) is 0 Å². The van der Waals surface area contributed by atoms with Crippen molar-refractivity contribution in [3.63, 3.8) is 0 Å². The molecule has 0 spiro atoms. The van der Waals surface area contributed by atoms with Crippen LogP contribution in [0.3, 0.4) is 0 Å². The number of aromatic amines is 1. The zero-order valence-corrected chi connectivity index (χ0v) is 13.3. The molecule has 3 aromatic rings. The summed E-state index contributed by atoms with van der Waals surface area (Å²) in [6, 6.07) is 18.9. The molecule has 3 rings (SSSR count). The number of nitrogens with one attached hydrogen (secondary N) is 1. The van der Waals surface area contributed by atoms with Gasteiger partial charge in [-0.15, -0.1) is 0 Å². The summed E-state index contributed by atoms with van der Waals surface area (Å²) in [7, 11) is 0. The number of rotatable bonds is 5. The fourth-order valence-electron chi connectivity index (χ4n) is 2.35. The van der Waals surface area contributed by atoms with Gasteiger partial charge < -0.3 is 4.98 Å². The number of hydrogen-bond acceptors (Lipinski definition) is 1. The van der Waals surface area contributed by atoms with Crippen LogP contribution in [0.4, 0.5) is 0 Å². The third-order valence-corrected chi connectivity index (χ3v) is 4.01. The molecule has 0 amide bonds. The monoisotopic (exact) mass is 340 g/mol. The minimum absolute atomic E-state index is 0.894. The molecule has 0 aliphatic carbocycles. The summed E-state index contributed by atoms with van der Waals surface area (Å²) in [5.41, 5.74) is 3.81. The van der Waals surface area contributed by atoms with Crippen LogP contribution in [0, 0.1) is 0 Å². The SMILES string of the molecule is Brc1ccc(Cc2cnc(CCc3ccccc3)[nH]2)cc1. The van der Waals surface area contributed by atoms with Gasteiger partial charge in [0.15, 0.2) is 0 Å². The zero-order chi connectivity index (χ0) is 14.5. The first-order valence-corrected chi connectivity index (χ1v) is 7.90. The molecule has 0 unspecified atom stereocenters. The maximum absolute atomic E-state index is 4.48. The Hall–Kier alpha value is -1.87. The Morgan fingerprint density at radius 2 is 1.62 bits per heavy atom. The van der Waals surface area contributed by atoms with E-state index in [4.69, 9.17) is 0 Å². The van der Waals surface area contributed by atoms with Crippen molar-refractivity contribution >= 4 is 15.9 Å². The predicted molar refractivity (Wildman–Crippen MR) is 89.4 cm³/mol. The van der Waals surface area contributed by atoms with Crippen molar-refractivity contribution in [3.05, 3.63) is 87.9 Å². The van der Waals surface area contributed by atoms with Gasteiger partial charge in [-0.2, -0.15) is 0 Å². The summed E-state index contributed by atoms with van der Waals surface area (Å²) >= 11 is 3.46. The van der Waals surface area contributed by atoms with E-state index in [9.17, 15) is 0 Å². The molecule has 0 aliphatic rings. The molecule has 106 valence electrons. The highest BCUT2D eigenvalue weighted by atomic mass is 79.9. The Bertz CT molecular complexity index is 687. The predicted octanol–water partition coefficient (Wildman–Crippen LogP) is 4.55. The number of nitrogens with zero attached hydrogens (tertiary/aromatic N) is 1. The van der Waals surface area contributed by atoms with Crippen LogP contribution < -0.4 is 0 Å². The highest BCUT2D eigenvalue weighted by Gasteiger charge is 2.03. The lowest BCUT2D eigenvalue weighted by atomic mass is 10.1. The van der Waals surface area contributed by atoms with Crippen LogP contribution in [-0.4, -0.2) is 9.97 Å². The lowest BCUT2D eigenvalue weighted by molar-refractivity contribution is 0.877. The molecular weight excluding hydrogens is 324 g/mol. The van der Waals surface area contributed by atoms with Crippen LogP contribution in [0.2, 0.25) is 0 Å². The van der Waals surface area contributed by atoms with Gasteiger partial charge in [-0.1, -0.05) is 58.4 Å². The molecule has 3 heteroatoms. The summed E-state index contributed by atoms with van der Waals surface area (Å²) in [4.78, 5) is 7.90. The maximum Gasteiger partial charge on any atom is 0.106 e. The van der Waals surface area contributed by atoms with E-state index in [1.54, 1.807) is 0 Å². The number of aromatic nitrogens is 2. The Kier molecular flexibility index (Phi) is 4.51. The fraction of sp³-hybridized carbons (Fsp3) is 0.167. The van der Waals surface area contributed by atoms with Gasteiger partial charge in [0.05, 0.1) is 0 Å². The van der Waals surface area contributed by atoms with E-state index >= 15 is 0 Å². The van der Waals surface area contributed by atoms with Gasteiger partial charge in [0.25, 0.3) is 0 Å². The lowest BCUT2D eigenvalue weighted by Gasteiger charge is -2.00. The maximum atomic E-state index is 4.48. The molecule has 0 fully saturated rings. The van der Waals surface area contributed by atoms with Gasteiger partial charge in [0.1, 0.15) is 5.82 Å². The summed E-state index contributed by atoms with van der Waals surface area (Å²) in [5, 5.41) is 0. The smallest absolute Gasteiger partial charge is 0.106 e. The van der Waals surface area contributed by atoms with Crippen molar-refractivity contribution < 1.29 is 0 Å². The van der Waals surface area contributed by atoms with Gasteiger partial charge in [0, 0.05) is 29.2 Å². The molecule has 0 aliphatic heterocycles. The van der Waals surface area contributed by atoms with E-state index in [0.29, 0.717) is 0 Å². The Morgan fingerprint density at radius 3 is 2.38 bits per heavy atom. The minimum atomic E-state index is 0.894. The number of imidazole rings is 1. The van der Waals surface area contributed by atoms with E-state index in [2.05, 4.69) is 74.4 Å². The largest absolute Gasteiger partial charge is 0.346 e. The molecule has 1 aromatic heterocycles. The fourth-order valence-corrected chi connectivity index (χ4v) is 2.62. The molecule has 21 heavy (non-hydrogen) atoms. The van der Waals surface area contributed by atoms with Crippen molar-refractivity contribution in [2.24, 2.45) is 0 Å². The molecule has 0 saturated carbocycles. The van der Waals surface area contributed by atoms with Crippen molar-refractivity contribution in [3.8, 4) is 0 Å². The normalized spacial score (nSPS) is 10.7. The number of aryl methyl sites for hydroxylation is 2. The third-order valence-electron chi connectivity index (χ3n) is 3.48. The third kappa shape index (κ3) is 4.05. The number of H-pyrrole nitrogens is 1. The quantitative estimate of drug-likeness (QED) is 0.725. The summed E-state index contributed by atoms with van der Waals surface area (Å²) in [5.74, 6) is 1.06. The van der Waals surface area contributed by atoms with Gasteiger partial charge >= 0.3 is 0 Å². The van der Waals surface area contributed by atoms with Gasteiger partial charge in [-0.25, -0.2) is 4.98 Å². The molecule has 0 bridgehead atoms. The van der Waals surface area contributed by atoms with E-state index in [0.717, 1.165) is 29.6 Å². The van der Waals surface area contributed by atoms with Crippen LogP contribution in [-0.2, 0) is 19.3 Å². The molecule has 0 atom stereocenters. The number of hydrogen-bond donors (Lipinski definition) is 1. The summed E-state index contributed by atoms with van der Waals surface area (Å²) < 4.78 is 1.11. The van der Waals surface area contributed by atoms with Crippen molar-refractivity contribution in [2.45, 2.75) is 19.3 Å². The van der Waals surface area contributed by atoms with Crippen LogP contribution in [0.15, 0.2) is 65.3 Å². The number of benzene rings is 2. The van der Waals surface area contributed by atoms with Crippen molar-refractivity contribution in [2.75, 3.05) is 0 Å². The standard InChI is InChI=1S/C18H17BrN2/c19-16-9-6-15(7-10-16)12-17-13-20-18(21-17)11-8-14-4-2-1-3-5-14/h1-7,9-10,13H,8,11-12H2,(H,20,21). The molecule has 0 radical (unpaired) electrons. The van der Waals surface area contributed by atoms with Crippen LogP contribution >= 0.6 is 15.9 Å². The van der Waals surface area contributed by atoms with Crippen LogP contribution in [0.5, 0.6) is 0 Å². The average molecular weight is 341 g/mol. The highest BCUT2D eigenvalue weighted by molar-refractivity contribution is 9.10. The second-order valence-electron chi connectivity index (χ2n) is 5.14. The van der Waals surface area contributed by atoms with E-state index in [1.165, 1.54) is 16.8 Å². The molecular formula is C18H17BrN2. The van der Waals surface area contributed by atoms with Crippen LogP contribution in [0.1, 0.15) is 22.6 Å². The minimum Gasteiger partial charge on any atom is -0.346 e. The van der Waals surface area contributed by atoms with Gasteiger partial charge in [-0.05, 0) is 29.7 Å². The van der Waals surface area contributed by atoms with E-state index in [-0.39, 0.29) is 0 Å². The zero-order valence-electron chi connectivity index (χ0n) is 11.7. The van der Waals surface area contributed by atoms with Crippen molar-refractivity contribution in [1.82, 2.24) is 9.97 Å². The molecule has 1 heterocycles. The first-order chi connectivity index (χ1) is 10.3. The summed E-state index contributed by atoms with van der Waals surface area (Å²) in [6.07, 6.45) is 4.81. The highest BCUT2D eigenvalue weighted by Crippen LogP contribution is 2.14. The lowest BCUT2D eigenvalue weighted by Crippen LogP contribution is -1.94. The summed E-state index contributed by atoms with van der Waals surface area (Å²) in [6.45, 7) is 0. The van der Waals surface area contributed by atoms with E-state index in [1.807, 2.05) is 12.3 Å².